The molecule has 0 aromatic carbocycles. The summed E-state index contributed by atoms with van der Waals surface area (Å²) in [7, 11) is 1.68. The number of amides is 2. The lowest BCUT2D eigenvalue weighted by Crippen LogP contribution is -2.48. The summed E-state index contributed by atoms with van der Waals surface area (Å²) in [5.41, 5.74) is 0. The van der Waals surface area contributed by atoms with Gasteiger partial charge in [0.2, 0.25) is 0 Å². The third kappa shape index (κ3) is 5.46. The fourth-order valence-electron chi connectivity index (χ4n) is 2.49. The van der Waals surface area contributed by atoms with Gasteiger partial charge in [0.1, 0.15) is 6.04 Å². The van der Waals surface area contributed by atoms with Crippen LogP contribution in [0.2, 0.25) is 0 Å². The average Bonchev–Trinajstić information content (AvgIpc) is 2.39. The molecule has 3 N–H and O–H groups in total. The Morgan fingerprint density at radius 3 is 2.47 bits per heavy atom. The Hall–Kier alpha value is -1.30. The molecule has 0 aromatic rings. The number of aliphatic carboxylic acids is 1. The molecule has 0 radical (unpaired) electrons. The standard InChI is InChI=1S/C13H24N2O4/c1-15(9-10-5-3-2-4-6-10)13(19)14-11(7-8-16)12(17)18/h10-11,16H,2-9H2,1H3,(H,14,19)(H,17,18)/t11-/m0/s1. The highest BCUT2D eigenvalue weighted by atomic mass is 16.4. The first-order chi connectivity index (χ1) is 9.04. The molecule has 0 bridgehead atoms. The molecule has 0 aliphatic heterocycles. The molecular formula is C13H24N2O4. The van der Waals surface area contributed by atoms with E-state index in [1.165, 1.54) is 19.3 Å². The summed E-state index contributed by atoms with van der Waals surface area (Å²) < 4.78 is 0. The van der Waals surface area contributed by atoms with Gasteiger partial charge in [-0.15, -0.1) is 0 Å². The van der Waals surface area contributed by atoms with E-state index in [9.17, 15) is 9.59 Å². The third-order valence-electron chi connectivity index (χ3n) is 3.62. The summed E-state index contributed by atoms with van der Waals surface area (Å²) in [4.78, 5) is 24.3. The van der Waals surface area contributed by atoms with Crippen molar-refractivity contribution in [3.05, 3.63) is 0 Å². The Balaban J connectivity index is 2.39. The summed E-state index contributed by atoms with van der Waals surface area (Å²) >= 11 is 0. The second-order valence-electron chi connectivity index (χ2n) is 5.24. The second kappa shape index (κ2) is 7.99. The van der Waals surface area contributed by atoms with E-state index in [0.29, 0.717) is 12.5 Å². The molecule has 0 heterocycles. The van der Waals surface area contributed by atoms with Crippen molar-refractivity contribution in [1.29, 1.82) is 0 Å². The third-order valence-corrected chi connectivity index (χ3v) is 3.62. The molecule has 0 spiro atoms. The molecule has 1 rings (SSSR count). The summed E-state index contributed by atoms with van der Waals surface area (Å²) in [5, 5.41) is 20.1. The molecule has 0 unspecified atom stereocenters. The monoisotopic (exact) mass is 272 g/mol. The van der Waals surface area contributed by atoms with Gasteiger partial charge in [-0.1, -0.05) is 19.3 Å². The lowest BCUT2D eigenvalue weighted by atomic mass is 9.89. The Kier molecular flexibility index (Phi) is 6.62. The molecule has 6 heteroatoms. The van der Waals surface area contributed by atoms with Crippen molar-refractivity contribution in [3.63, 3.8) is 0 Å². The average molecular weight is 272 g/mol. The van der Waals surface area contributed by atoms with E-state index in [-0.39, 0.29) is 19.1 Å². The molecule has 6 nitrogen and oxygen atoms in total. The van der Waals surface area contributed by atoms with Crippen LogP contribution in [0.3, 0.4) is 0 Å². The van der Waals surface area contributed by atoms with Gasteiger partial charge in [0, 0.05) is 26.6 Å². The predicted molar refractivity (Wildman–Crippen MR) is 70.9 cm³/mol. The summed E-state index contributed by atoms with van der Waals surface area (Å²) in [6, 6.07) is -1.40. The molecule has 0 saturated heterocycles. The maximum absolute atomic E-state index is 11.9. The number of hydrogen-bond donors (Lipinski definition) is 3. The fraction of sp³-hybridized carbons (Fsp3) is 0.846. The van der Waals surface area contributed by atoms with Crippen LogP contribution in [-0.2, 0) is 4.79 Å². The highest BCUT2D eigenvalue weighted by molar-refractivity contribution is 5.82. The molecule has 110 valence electrons. The number of hydrogen-bond acceptors (Lipinski definition) is 3. The van der Waals surface area contributed by atoms with Crippen LogP contribution in [0.25, 0.3) is 0 Å². The molecule has 0 aromatic heterocycles. The lowest BCUT2D eigenvalue weighted by Gasteiger charge is -2.28. The van der Waals surface area contributed by atoms with Crippen molar-refractivity contribution in [3.8, 4) is 0 Å². The van der Waals surface area contributed by atoms with Crippen molar-refractivity contribution in [1.82, 2.24) is 10.2 Å². The quantitative estimate of drug-likeness (QED) is 0.674. The topological polar surface area (TPSA) is 89.9 Å². The van der Waals surface area contributed by atoms with E-state index in [2.05, 4.69) is 5.32 Å². The van der Waals surface area contributed by atoms with Gasteiger partial charge in [0.25, 0.3) is 0 Å². The largest absolute Gasteiger partial charge is 0.480 e. The number of carboxylic acids is 1. The lowest BCUT2D eigenvalue weighted by molar-refractivity contribution is -0.139. The zero-order valence-electron chi connectivity index (χ0n) is 11.5. The minimum Gasteiger partial charge on any atom is -0.480 e. The summed E-state index contributed by atoms with van der Waals surface area (Å²) in [5.74, 6) is -0.598. The van der Waals surface area contributed by atoms with Gasteiger partial charge in [0.05, 0.1) is 0 Å². The van der Waals surface area contributed by atoms with Gasteiger partial charge in [-0.05, 0) is 18.8 Å². The number of urea groups is 1. The highest BCUT2D eigenvalue weighted by Crippen LogP contribution is 2.24. The number of nitrogens with zero attached hydrogens (tertiary/aromatic N) is 1. The molecule has 19 heavy (non-hydrogen) atoms. The zero-order chi connectivity index (χ0) is 14.3. The summed E-state index contributed by atoms with van der Waals surface area (Å²) in [6.45, 7) is 0.404. The Morgan fingerprint density at radius 1 is 1.32 bits per heavy atom. The SMILES string of the molecule is CN(CC1CCCCC1)C(=O)N[C@@H](CCO)C(=O)O. The number of aliphatic hydroxyl groups excluding tert-OH is 1. The van der Waals surface area contributed by atoms with Crippen LogP contribution in [-0.4, -0.2) is 53.4 Å². The maximum Gasteiger partial charge on any atom is 0.326 e. The number of rotatable bonds is 6. The fourth-order valence-corrected chi connectivity index (χ4v) is 2.49. The first-order valence-corrected chi connectivity index (χ1v) is 6.90. The van der Waals surface area contributed by atoms with Crippen LogP contribution in [0.15, 0.2) is 0 Å². The Labute approximate surface area is 113 Å². The van der Waals surface area contributed by atoms with Crippen LogP contribution in [0, 0.1) is 5.92 Å². The van der Waals surface area contributed by atoms with Gasteiger partial charge in [-0.3, -0.25) is 0 Å². The molecule has 2 amide bonds. The zero-order valence-corrected chi connectivity index (χ0v) is 11.5. The molecule has 1 saturated carbocycles. The van der Waals surface area contributed by atoms with Gasteiger partial charge in [-0.25, -0.2) is 9.59 Å². The molecule has 1 aliphatic carbocycles. The molecule has 1 atom stereocenters. The molecular weight excluding hydrogens is 248 g/mol. The van der Waals surface area contributed by atoms with Gasteiger partial charge in [0.15, 0.2) is 0 Å². The molecule has 1 aliphatic rings. The van der Waals surface area contributed by atoms with Crippen molar-refractivity contribution in [2.45, 2.75) is 44.6 Å². The van der Waals surface area contributed by atoms with Gasteiger partial charge < -0.3 is 20.4 Å². The second-order valence-corrected chi connectivity index (χ2v) is 5.24. The smallest absolute Gasteiger partial charge is 0.326 e. The number of carbonyl (C=O) groups is 2. The number of carboxylic acid groups (broad SMARTS) is 1. The van der Waals surface area contributed by atoms with Crippen LogP contribution in [0.4, 0.5) is 4.79 Å². The number of nitrogens with one attached hydrogen (secondary N) is 1. The van der Waals surface area contributed by atoms with Crippen molar-refractivity contribution < 1.29 is 19.8 Å². The Bertz CT molecular complexity index is 303. The van der Waals surface area contributed by atoms with E-state index in [0.717, 1.165) is 12.8 Å². The first-order valence-electron chi connectivity index (χ1n) is 6.90. The normalized spacial score (nSPS) is 17.8. The molecule has 1 fully saturated rings. The van der Waals surface area contributed by atoms with E-state index in [1.54, 1.807) is 11.9 Å². The minimum absolute atomic E-state index is 0.0261. The van der Waals surface area contributed by atoms with Crippen LogP contribution < -0.4 is 5.32 Å². The van der Waals surface area contributed by atoms with E-state index >= 15 is 0 Å². The van der Waals surface area contributed by atoms with Gasteiger partial charge >= 0.3 is 12.0 Å². The van der Waals surface area contributed by atoms with Crippen molar-refractivity contribution in [2.75, 3.05) is 20.2 Å². The van der Waals surface area contributed by atoms with E-state index < -0.39 is 12.0 Å². The van der Waals surface area contributed by atoms with Crippen LogP contribution in [0.5, 0.6) is 0 Å². The number of carbonyl (C=O) groups excluding carboxylic acids is 1. The predicted octanol–water partition coefficient (Wildman–Crippen LogP) is 1.04. The van der Waals surface area contributed by atoms with E-state index in [1.807, 2.05) is 0 Å². The van der Waals surface area contributed by atoms with Crippen LogP contribution in [0.1, 0.15) is 38.5 Å². The first kappa shape index (κ1) is 15.8. The van der Waals surface area contributed by atoms with Gasteiger partial charge in [-0.2, -0.15) is 0 Å². The minimum atomic E-state index is -1.12. The number of aliphatic hydroxyl groups is 1. The van der Waals surface area contributed by atoms with Crippen molar-refractivity contribution in [2.24, 2.45) is 5.92 Å². The Morgan fingerprint density at radius 2 is 1.95 bits per heavy atom. The maximum atomic E-state index is 11.9. The van der Waals surface area contributed by atoms with Crippen molar-refractivity contribution >= 4 is 12.0 Å². The van der Waals surface area contributed by atoms with E-state index in [4.69, 9.17) is 10.2 Å². The van der Waals surface area contributed by atoms with Crippen LogP contribution >= 0.6 is 0 Å². The summed E-state index contributed by atoms with van der Waals surface area (Å²) in [6.07, 6.45) is 5.99. The highest BCUT2D eigenvalue weighted by Gasteiger charge is 2.23.